The second-order valence-electron chi connectivity index (χ2n) is 10.2. The van der Waals surface area contributed by atoms with Gasteiger partial charge in [-0.1, -0.05) is 12.1 Å². The molecule has 0 saturated carbocycles. The van der Waals surface area contributed by atoms with Crippen LogP contribution in [0.25, 0.3) is 0 Å². The highest BCUT2D eigenvalue weighted by Crippen LogP contribution is 2.29. The predicted molar refractivity (Wildman–Crippen MR) is 149 cm³/mol. The number of hydrogen-bond acceptors (Lipinski definition) is 6. The van der Waals surface area contributed by atoms with Crippen LogP contribution >= 0.6 is 0 Å². The minimum absolute atomic E-state index is 0.0419. The number of hydrogen-bond donors (Lipinski definition) is 0. The molecule has 9 nitrogen and oxygen atoms in total. The normalized spacial score (nSPS) is 16.9. The van der Waals surface area contributed by atoms with Crippen molar-refractivity contribution in [2.45, 2.75) is 19.3 Å². The number of nitrogens with zero attached hydrogens (tertiary/aromatic N) is 5. The summed E-state index contributed by atoms with van der Waals surface area (Å²) in [5.74, 6) is 0.802. The molecule has 1 saturated heterocycles. The maximum atomic E-state index is 13.2. The Kier molecular flexibility index (Phi) is 8.46. The molecule has 3 aromatic rings. The summed E-state index contributed by atoms with van der Waals surface area (Å²) in [4.78, 5) is 32.3. The Bertz CT molecular complexity index is 1300. The first kappa shape index (κ1) is 26.7. The van der Waals surface area contributed by atoms with Gasteiger partial charge in [0.15, 0.2) is 0 Å². The van der Waals surface area contributed by atoms with Crippen molar-refractivity contribution in [3.8, 4) is 5.75 Å². The van der Waals surface area contributed by atoms with E-state index in [9.17, 15) is 9.59 Å². The van der Waals surface area contributed by atoms with Gasteiger partial charge in [0.2, 0.25) is 5.91 Å². The molecule has 2 bridgehead atoms. The summed E-state index contributed by atoms with van der Waals surface area (Å²) < 4.78 is 13.6. The minimum atomic E-state index is -0.0461. The van der Waals surface area contributed by atoms with E-state index < -0.39 is 0 Å². The van der Waals surface area contributed by atoms with Crippen LogP contribution in [0.3, 0.4) is 0 Å². The Morgan fingerprint density at radius 1 is 0.974 bits per heavy atom. The molecule has 39 heavy (non-hydrogen) atoms. The number of aryl methyl sites for hydroxylation is 2. The minimum Gasteiger partial charge on any atom is -0.491 e. The van der Waals surface area contributed by atoms with Gasteiger partial charge >= 0.3 is 0 Å². The van der Waals surface area contributed by atoms with Crippen molar-refractivity contribution in [1.82, 2.24) is 19.6 Å². The summed E-state index contributed by atoms with van der Waals surface area (Å²) in [6.07, 6.45) is 5.37. The van der Waals surface area contributed by atoms with E-state index in [1.54, 1.807) is 22.8 Å². The molecule has 5 rings (SSSR count). The number of benzene rings is 2. The second kappa shape index (κ2) is 12.3. The maximum Gasteiger partial charge on any atom is 0.253 e. The van der Waals surface area contributed by atoms with E-state index >= 15 is 0 Å². The summed E-state index contributed by atoms with van der Waals surface area (Å²) in [7, 11) is 3.66. The van der Waals surface area contributed by atoms with Crippen LogP contribution in [0.15, 0.2) is 54.9 Å². The van der Waals surface area contributed by atoms with E-state index in [0.717, 1.165) is 54.4 Å². The van der Waals surface area contributed by atoms with Crippen LogP contribution in [0.4, 0.5) is 5.69 Å². The first-order valence-corrected chi connectivity index (χ1v) is 13.6. The fraction of sp³-hybridized carbons (Fsp3) is 0.433. The number of carbonyl (C=O) groups excluding carboxylic acids is 2. The molecule has 0 spiro atoms. The molecule has 2 amide bonds. The van der Waals surface area contributed by atoms with Crippen LogP contribution in [0.2, 0.25) is 0 Å². The number of carbonyl (C=O) groups is 2. The largest absolute Gasteiger partial charge is 0.491 e. The van der Waals surface area contributed by atoms with Gasteiger partial charge in [-0.2, -0.15) is 5.10 Å². The second-order valence-corrected chi connectivity index (χ2v) is 10.2. The van der Waals surface area contributed by atoms with Gasteiger partial charge < -0.3 is 24.2 Å². The van der Waals surface area contributed by atoms with Gasteiger partial charge in [0, 0.05) is 76.1 Å². The van der Waals surface area contributed by atoms with E-state index in [4.69, 9.17) is 9.47 Å². The maximum absolute atomic E-state index is 13.2. The zero-order chi connectivity index (χ0) is 27.2. The molecule has 9 heteroatoms. The Hall–Kier alpha value is -3.85. The molecule has 2 aliphatic rings. The van der Waals surface area contributed by atoms with Crippen LogP contribution in [-0.2, 0) is 29.4 Å². The molecule has 0 aliphatic carbocycles. The summed E-state index contributed by atoms with van der Waals surface area (Å²) in [6, 6.07) is 14.1. The highest BCUT2D eigenvalue weighted by Gasteiger charge is 2.20. The van der Waals surface area contributed by atoms with Crippen molar-refractivity contribution in [3.05, 3.63) is 77.1 Å². The van der Waals surface area contributed by atoms with E-state index in [1.165, 1.54) is 0 Å². The Balaban J connectivity index is 1.38. The number of likely N-dealkylation sites (N-methyl/N-ethyl adjacent to an activating group) is 1. The third-order valence-corrected chi connectivity index (χ3v) is 7.40. The van der Waals surface area contributed by atoms with Gasteiger partial charge in [-0.3, -0.25) is 14.3 Å². The SMILES string of the molecule is CN1CCN(C(=O)CCc2cnn(C)c2)CCOc2ccc(N3CCOCC3)cc2Cc2cccc(c2)C1=O. The molecule has 0 unspecified atom stereocenters. The average molecular weight is 532 g/mol. The highest BCUT2D eigenvalue weighted by atomic mass is 16.5. The van der Waals surface area contributed by atoms with Crippen molar-refractivity contribution in [3.63, 3.8) is 0 Å². The third-order valence-electron chi connectivity index (χ3n) is 7.40. The van der Waals surface area contributed by atoms with Gasteiger partial charge in [0.05, 0.1) is 26.0 Å². The van der Waals surface area contributed by atoms with Gasteiger partial charge in [0.1, 0.15) is 12.4 Å². The van der Waals surface area contributed by atoms with Crippen molar-refractivity contribution in [2.75, 3.05) is 64.5 Å². The molecule has 1 fully saturated rings. The smallest absolute Gasteiger partial charge is 0.253 e. The van der Waals surface area contributed by atoms with E-state index in [1.807, 2.05) is 42.4 Å². The Labute approximate surface area is 229 Å². The number of rotatable bonds is 4. The quantitative estimate of drug-likeness (QED) is 0.515. The summed E-state index contributed by atoms with van der Waals surface area (Å²) in [6.45, 7) is 4.86. The van der Waals surface area contributed by atoms with Crippen molar-refractivity contribution in [2.24, 2.45) is 7.05 Å². The van der Waals surface area contributed by atoms with Crippen molar-refractivity contribution >= 4 is 17.5 Å². The predicted octanol–water partition coefficient (Wildman–Crippen LogP) is 2.77. The number of amides is 2. The molecule has 0 radical (unpaired) electrons. The van der Waals surface area contributed by atoms with Crippen LogP contribution in [0, 0.1) is 0 Å². The zero-order valence-corrected chi connectivity index (χ0v) is 22.8. The molecule has 2 aromatic carbocycles. The van der Waals surface area contributed by atoms with E-state index in [0.29, 0.717) is 51.1 Å². The molecule has 206 valence electrons. The van der Waals surface area contributed by atoms with Crippen LogP contribution in [0.5, 0.6) is 5.75 Å². The first-order valence-electron chi connectivity index (χ1n) is 13.6. The number of aromatic nitrogens is 2. The van der Waals surface area contributed by atoms with Crippen LogP contribution < -0.4 is 9.64 Å². The zero-order valence-electron chi connectivity index (χ0n) is 22.8. The van der Waals surface area contributed by atoms with Gasteiger partial charge in [-0.15, -0.1) is 0 Å². The molecule has 1 aromatic heterocycles. The number of anilines is 1. The van der Waals surface area contributed by atoms with Crippen molar-refractivity contribution in [1.29, 1.82) is 0 Å². The fourth-order valence-electron chi connectivity index (χ4n) is 5.13. The number of fused-ring (bicyclic) bond motifs is 3. The average Bonchev–Trinajstić information content (AvgIpc) is 3.38. The van der Waals surface area contributed by atoms with Crippen LogP contribution in [-0.4, -0.2) is 91.0 Å². The molecular formula is C30H37N5O4. The standard InChI is InChI=1S/C30H37N5O4/c1-32-10-11-35(29(36)9-6-24-21-31-33(2)22-24)14-17-39-28-8-7-27(34-12-15-38-16-13-34)20-26(28)19-23-4-3-5-25(18-23)30(32)37/h3-5,7-8,18,20-22H,6,9-17,19H2,1-2H3. The number of ether oxygens (including phenoxy) is 2. The lowest BCUT2D eigenvalue weighted by molar-refractivity contribution is -0.131. The molecule has 3 heterocycles. The third kappa shape index (κ3) is 6.78. The summed E-state index contributed by atoms with van der Waals surface area (Å²) in [5, 5.41) is 4.20. The lowest BCUT2D eigenvalue weighted by Crippen LogP contribution is -2.41. The lowest BCUT2D eigenvalue weighted by atomic mass is 10.0. The highest BCUT2D eigenvalue weighted by molar-refractivity contribution is 5.94. The van der Waals surface area contributed by atoms with Gasteiger partial charge in [-0.05, 0) is 47.9 Å². The van der Waals surface area contributed by atoms with Crippen molar-refractivity contribution < 1.29 is 19.1 Å². The monoisotopic (exact) mass is 531 g/mol. The molecular weight excluding hydrogens is 494 g/mol. The summed E-state index contributed by atoms with van der Waals surface area (Å²) in [5.41, 5.74) is 4.93. The van der Waals surface area contributed by atoms with E-state index in [2.05, 4.69) is 28.2 Å². The molecule has 2 aliphatic heterocycles. The number of morpholine rings is 1. The van der Waals surface area contributed by atoms with Crippen LogP contribution in [0.1, 0.15) is 33.5 Å². The topological polar surface area (TPSA) is 80.1 Å². The molecule has 0 N–H and O–H groups in total. The van der Waals surface area contributed by atoms with Gasteiger partial charge in [0.25, 0.3) is 5.91 Å². The Morgan fingerprint density at radius 3 is 2.62 bits per heavy atom. The fourth-order valence-corrected chi connectivity index (χ4v) is 5.13. The van der Waals surface area contributed by atoms with Gasteiger partial charge in [-0.25, -0.2) is 0 Å². The first-order chi connectivity index (χ1) is 19.0. The van der Waals surface area contributed by atoms with E-state index in [-0.39, 0.29) is 11.8 Å². The molecule has 0 atom stereocenters. The Morgan fingerprint density at radius 2 is 1.82 bits per heavy atom. The summed E-state index contributed by atoms with van der Waals surface area (Å²) >= 11 is 0. The lowest BCUT2D eigenvalue weighted by Gasteiger charge is -2.30.